The molecule has 102 valence electrons. The average molecular weight is 259 g/mol. The van der Waals surface area contributed by atoms with Gasteiger partial charge in [-0.15, -0.1) is 0 Å². The van der Waals surface area contributed by atoms with Gasteiger partial charge >= 0.3 is 6.18 Å². The molecule has 1 unspecified atom stereocenters. The topological polar surface area (TPSA) is 12.0 Å². The van der Waals surface area contributed by atoms with E-state index >= 15 is 0 Å². The van der Waals surface area contributed by atoms with Crippen molar-refractivity contribution in [2.75, 3.05) is 7.05 Å². The quantitative estimate of drug-likeness (QED) is 0.868. The fourth-order valence-electron chi connectivity index (χ4n) is 2.04. The van der Waals surface area contributed by atoms with Gasteiger partial charge in [0.2, 0.25) is 0 Å². The summed E-state index contributed by atoms with van der Waals surface area (Å²) in [5.41, 5.74) is -0.276. The zero-order valence-corrected chi connectivity index (χ0v) is 11.2. The molecule has 1 rings (SSSR count). The Morgan fingerprint density at radius 1 is 1.11 bits per heavy atom. The van der Waals surface area contributed by atoms with Gasteiger partial charge in [0.05, 0.1) is 5.56 Å². The second-order valence-electron chi connectivity index (χ2n) is 5.57. The van der Waals surface area contributed by atoms with E-state index in [0.29, 0.717) is 12.0 Å². The zero-order chi connectivity index (χ0) is 14.0. The highest BCUT2D eigenvalue weighted by atomic mass is 19.4. The van der Waals surface area contributed by atoms with E-state index in [-0.39, 0.29) is 11.5 Å². The SMILES string of the molecule is CNC(Cc1ccccc1C(F)(F)F)C(C)(C)C. The van der Waals surface area contributed by atoms with Crippen LogP contribution >= 0.6 is 0 Å². The van der Waals surface area contributed by atoms with Crippen LogP contribution in [-0.2, 0) is 12.6 Å². The van der Waals surface area contributed by atoms with E-state index in [1.54, 1.807) is 19.2 Å². The highest BCUT2D eigenvalue weighted by Crippen LogP contribution is 2.33. The Balaban J connectivity index is 3.04. The monoisotopic (exact) mass is 259 g/mol. The summed E-state index contributed by atoms with van der Waals surface area (Å²) in [7, 11) is 1.78. The molecule has 18 heavy (non-hydrogen) atoms. The molecule has 0 aromatic heterocycles. The third-order valence-corrected chi connectivity index (χ3v) is 3.14. The Morgan fingerprint density at radius 2 is 1.67 bits per heavy atom. The summed E-state index contributed by atoms with van der Waals surface area (Å²) < 4.78 is 38.6. The smallest absolute Gasteiger partial charge is 0.316 e. The highest BCUT2D eigenvalue weighted by molar-refractivity contribution is 5.30. The van der Waals surface area contributed by atoms with Crippen molar-refractivity contribution in [3.63, 3.8) is 0 Å². The van der Waals surface area contributed by atoms with Crippen LogP contribution in [0.4, 0.5) is 13.2 Å². The molecule has 0 saturated heterocycles. The second kappa shape index (κ2) is 5.31. The van der Waals surface area contributed by atoms with Crippen LogP contribution < -0.4 is 5.32 Å². The summed E-state index contributed by atoms with van der Waals surface area (Å²) in [4.78, 5) is 0. The molecule has 4 heteroatoms. The number of hydrogen-bond donors (Lipinski definition) is 1. The van der Waals surface area contributed by atoms with Crippen LogP contribution in [0.1, 0.15) is 31.9 Å². The van der Waals surface area contributed by atoms with Crippen molar-refractivity contribution >= 4 is 0 Å². The van der Waals surface area contributed by atoms with Crippen molar-refractivity contribution in [2.45, 2.75) is 39.4 Å². The first-order valence-corrected chi connectivity index (χ1v) is 5.98. The standard InChI is InChI=1S/C14H20F3N/c1-13(2,3)12(18-4)9-10-7-5-6-8-11(10)14(15,16)17/h5-8,12,18H,9H2,1-4H3. The molecule has 0 fully saturated rings. The van der Waals surface area contributed by atoms with E-state index in [1.165, 1.54) is 6.07 Å². The largest absolute Gasteiger partial charge is 0.416 e. The first kappa shape index (κ1) is 15.0. The van der Waals surface area contributed by atoms with Gasteiger partial charge in [0.1, 0.15) is 0 Å². The number of nitrogens with one attached hydrogen (secondary N) is 1. The van der Waals surface area contributed by atoms with Crippen LogP contribution in [0.2, 0.25) is 0 Å². The third kappa shape index (κ3) is 3.73. The molecule has 0 aliphatic rings. The lowest BCUT2D eigenvalue weighted by molar-refractivity contribution is -0.138. The van der Waals surface area contributed by atoms with Crippen LogP contribution in [0.15, 0.2) is 24.3 Å². The van der Waals surface area contributed by atoms with E-state index in [0.717, 1.165) is 6.07 Å². The lowest BCUT2D eigenvalue weighted by Crippen LogP contribution is -2.40. The summed E-state index contributed by atoms with van der Waals surface area (Å²) in [6.45, 7) is 6.05. The van der Waals surface area contributed by atoms with Crippen LogP contribution in [-0.4, -0.2) is 13.1 Å². The summed E-state index contributed by atoms with van der Waals surface area (Å²) in [6.07, 6.45) is -3.91. The highest BCUT2D eigenvalue weighted by Gasteiger charge is 2.34. The molecule has 0 spiro atoms. The Hall–Kier alpha value is -1.03. The van der Waals surface area contributed by atoms with Gasteiger partial charge in [0.15, 0.2) is 0 Å². The van der Waals surface area contributed by atoms with Gasteiger partial charge in [-0.05, 0) is 30.5 Å². The van der Waals surface area contributed by atoms with Crippen molar-refractivity contribution in [1.29, 1.82) is 0 Å². The fourth-order valence-corrected chi connectivity index (χ4v) is 2.04. The van der Waals surface area contributed by atoms with Gasteiger partial charge in [-0.3, -0.25) is 0 Å². The zero-order valence-electron chi connectivity index (χ0n) is 11.2. The van der Waals surface area contributed by atoms with Crippen molar-refractivity contribution in [3.05, 3.63) is 35.4 Å². The summed E-state index contributed by atoms with van der Waals surface area (Å²) >= 11 is 0. The molecule has 1 aromatic carbocycles. The van der Waals surface area contributed by atoms with E-state index in [2.05, 4.69) is 5.32 Å². The maximum atomic E-state index is 12.9. The number of alkyl halides is 3. The van der Waals surface area contributed by atoms with Gasteiger partial charge in [0.25, 0.3) is 0 Å². The number of halogens is 3. The van der Waals surface area contributed by atoms with Crippen molar-refractivity contribution < 1.29 is 13.2 Å². The van der Waals surface area contributed by atoms with Crippen LogP contribution in [0.5, 0.6) is 0 Å². The van der Waals surface area contributed by atoms with E-state index < -0.39 is 11.7 Å². The summed E-state index contributed by atoms with van der Waals surface area (Å²) in [5, 5.41) is 3.10. The average Bonchev–Trinajstić information content (AvgIpc) is 2.23. The van der Waals surface area contributed by atoms with Crippen molar-refractivity contribution in [1.82, 2.24) is 5.32 Å². The number of rotatable bonds is 3. The van der Waals surface area contributed by atoms with E-state index in [1.807, 2.05) is 20.8 Å². The van der Waals surface area contributed by atoms with E-state index in [4.69, 9.17) is 0 Å². The maximum absolute atomic E-state index is 12.9. The van der Waals surface area contributed by atoms with Gasteiger partial charge in [-0.25, -0.2) is 0 Å². The van der Waals surface area contributed by atoms with Gasteiger partial charge in [-0.2, -0.15) is 13.2 Å². The number of benzene rings is 1. The first-order valence-electron chi connectivity index (χ1n) is 5.98. The molecule has 1 atom stereocenters. The lowest BCUT2D eigenvalue weighted by atomic mass is 9.82. The third-order valence-electron chi connectivity index (χ3n) is 3.14. The number of likely N-dealkylation sites (N-methyl/N-ethyl adjacent to an activating group) is 1. The Kier molecular flexibility index (Phi) is 4.43. The molecule has 0 aliphatic heterocycles. The van der Waals surface area contributed by atoms with Gasteiger partial charge in [0, 0.05) is 6.04 Å². The predicted molar refractivity (Wildman–Crippen MR) is 67.5 cm³/mol. The Morgan fingerprint density at radius 3 is 2.11 bits per heavy atom. The molecule has 0 heterocycles. The molecule has 1 aromatic rings. The lowest BCUT2D eigenvalue weighted by Gasteiger charge is -2.31. The molecular weight excluding hydrogens is 239 g/mol. The predicted octanol–water partition coefficient (Wildman–Crippen LogP) is 3.88. The molecule has 0 saturated carbocycles. The molecule has 0 amide bonds. The minimum Gasteiger partial charge on any atom is -0.316 e. The molecule has 0 bridgehead atoms. The fraction of sp³-hybridized carbons (Fsp3) is 0.571. The Labute approximate surface area is 106 Å². The van der Waals surface area contributed by atoms with Crippen LogP contribution in [0, 0.1) is 5.41 Å². The molecule has 0 radical (unpaired) electrons. The number of hydrogen-bond acceptors (Lipinski definition) is 1. The maximum Gasteiger partial charge on any atom is 0.416 e. The first-order chi connectivity index (χ1) is 8.16. The summed E-state index contributed by atoms with van der Waals surface area (Å²) in [5.74, 6) is 0. The molecule has 1 N–H and O–H groups in total. The normalized spacial score (nSPS) is 14.6. The molecule has 1 nitrogen and oxygen atoms in total. The summed E-state index contributed by atoms with van der Waals surface area (Å²) in [6, 6.07) is 5.78. The van der Waals surface area contributed by atoms with E-state index in [9.17, 15) is 13.2 Å². The van der Waals surface area contributed by atoms with Crippen LogP contribution in [0.3, 0.4) is 0 Å². The minimum absolute atomic E-state index is 0.000926. The van der Waals surface area contributed by atoms with Gasteiger partial charge < -0.3 is 5.32 Å². The van der Waals surface area contributed by atoms with Crippen LogP contribution in [0.25, 0.3) is 0 Å². The van der Waals surface area contributed by atoms with Gasteiger partial charge in [-0.1, -0.05) is 39.0 Å². The minimum atomic E-state index is -4.28. The second-order valence-corrected chi connectivity index (χ2v) is 5.57. The molecular formula is C14H20F3N. The van der Waals surface area contributed by atoms with Crippen molar-refractivity contribution in [3.8, 4) is 0 Å². The Bertz CT molecular complexity index is 391. The van der Waals surface area contributed by atoms with Crippen molar-refractivity contribution in [2.24, 2.45) is 5.41 Å². The molecule has 0 aliphatic carbocycles.